The van der Waals surface area contributed by atoms with E-state index in [0.29, 0.717) is 5.82 Å². The van der Waals surface area contributed by atoms with Crippen LogP contribution in [0.3, 0.4) is 0 Å². The monoisotopic (exact) mass is 226 g/mol. The summed E-state index contributed by atoms with van der Waals surface area (Å²) in [6.45, 7) is 1.67. The van der Waals surface area contributed by atoms with Crippen LogP contribution in [0, 0.1) is 12.7 Å². The standard InChI is InChI=1S/C10H8ClFN2O/c1-5-13-9-6(11)3-4-7(12)8(9)10(15)14(5)2/h3-4H,1-2H3. The zero-order valence-corrected chi connectivity index (χ0v) is 8.97. The summed E-state index contributed by atoms with van der Waals surface area (Å²) in [6, 6.07) is 2.56. The molecule has 0 aliphatic carbocycles. The molecule has 1 aromatic carbocycles. The summed E-state index contributed by atoms with van der Waals surface area (Å²) in [5.41, 5.74) is -0.199. The van der Waals surface area contributed by atoms with Crippen LogP contribution in [0.2, 0.25) is 5.02 Å². The van der Waals surface area contributed by atoms with E-state index >= 15 is 0 Å². The molecule has 0 saturated carbocycles. The Morgan fingerprint density at radius 1 is 1.47 bits per heavy atom. The molecule has 0 unspecified atom stereocenters. The maximum Gasteiger partial charge on any atom is 0.264 e. The van der Waals surface area contributed by atoms with Crippen molar-refractivity contribution in [2.75, 3.05) is 0 Å². The van der Waals surface area contributed by atoms with Crippen LogP contribution in [-0.4, -0.2) is 9.55 Å². The molecule has 2 aromatic rings. The SMILES string of the molecule is Cc1nc2c(Cl)ccc(F)c2c(=O)n1C. The van der Waals surface area contributed by atoms with Crippen molar-refractivity contribution >= 4 is 22.5 Å². The number of fused-ring (bicyclic) bond motifs is 1. The maximum atomic E-state index is 13.4. The van der Waals surface area contributed by atoms with E-state index in [1.165, 1.54) is 16.7 Å². The smallest absolute Gasteiger partial charge is 0.264 e. The van der Waals surface area contributed by atoms with Crippen molar-refractivity contribution < 1.29 is 4.39 Å². The van der Waals surface area contributed by atoms with Crippen LogP contribution in [0.1, 0.15) is 5.82 Å². The summed E-state index contributed by atoms with van der Waals surface area (Å²) in [7, 11) is 1.55. The first kappa shape index (κ1) is 10.1. The van der Waals surface area contributed by atoms with Crippen LogP contribution < -0.4 is 5.56 Å². The Hall–Kier alpha value is -1.42. The molecule has 5 heteroatoms. The predicted molar refractivity (Wildman–Crippen MR) is 56.7 cm³/mol. The van der Waals surface area contributed by atoms with Crippen molar-refractivity contribution in [2.24, 2.45) is 7.05 Å². The average molecular weight is 227 g/mol. The van der Waals surface area contributed by atoms with Gasteiger partial charge in [0.15, 0.2) is 0 Å². The van der Waals surface area contributed by atoms with Crippen molar-refractivity contribution in [1.29, 1.82) is 0 Å². The molecule has 2 rings (SSSR count). The molecule has 0 aliphatic heterocycles. The minimum absolute atomic E-state index is 0.0596. The molecule has 78 valence electrons. The highest BCUT2D eigenvalue weighted by molar-refractivity contribution is 6.35. The summed E-state index contributed by atoms with van der Waals surface area (Å²) in [4.78, 5) is 15.8. The third-order valence-corrected chi connectivity index (χ3v) is 2.66. The Kier molecular flexibility index (Phi) is 2.23. The van der Waals surface area contributed by atoms with E-state index in [4.69, 9.17) is 11.6 Å². The van der Waals surface area contributed by atoms with Gasteiger partial charge in [-0.05, 0) is 19.1 Å². The lowest BCUT2D eigenvalue weighted by Crippen LogP contribution is -2.21. The number of hydrogen-bond acceptors (Lipinski definition) is 2. The molecule has 1 heterocycles. The van der Waals surface area contributed by atoms with E-state index in [1.54, 1.807) is 14.0 Å². The van der Waals surface area contributed by atoms with Gasteiger partial charge in [-0.25, -0.2) is 9.37 Å². The van der Waals surface area contributed by atoms with Crippen LogP contribution in [0.4, 0.5) is 4.39 Å². The molecule has 0 aliphatic rings. The summed E-state index contributed by atoms with van der Waals surface area (Å²) >= 11 is 5.85. The first-order valence-electron chi connectivity index (χ1n) is 4.33. The van der Waals surface area contributed by atoms with E-state index < -0.39 is 11.4 Å². The minimum Gasteiger partial charge on any atom is -0.299 e. The lowest BCUT2D eigenvalue weighted by molar-refractivity contribution is 0.635. The van der Waals surface area contributed by atoms with Gasteiger partial charge >= 0.3 is 0 Å². The molecule has 3 nitrogen and oxygen atoms in total. The first-order valence-corrected chi connectivity index (χ1v) is 4.71. The van der Waals surface area contributed by atoms with Gasteiger partial charge < -0.3 is 0 Å². The number of benzene rings is 1. The van der Waals surface area contributed by atoms with E-state index in [9.17, 15) is 9.18 Å². The van der Waals surface area contributed by atoms with Crippen LogP contribution in [0.5, 0.6) is 0 Å². The molecular formula is C10H8ClFN2O. The minimum atomic E-state index is -0.595. The number of aryl methyl sites for hydroxylation is 1. The van der Waals surface area contributed by atoms with Crippen molar-refractivity contribution in [3.8, 4) is 0 Å². The lowest BCUT2D eigenvalue weighted by Gasteiger charge is -2.06. The molecular weight excluding hydrogens is 219 g/mol. The summed E-state index contributed by atoms with van der Waals surface area (Å²) in [5, 5.41) is 0.225. The van der Waals surface area contributed by atoms with Crippen LogP contribution in [-0.2, 0) is 7.05 Å². The zero-order valence-electron chi connectivity index (χ0n) is 8.21. The van der Waals surface area contributed by atoms with E-state index in [2.05, 4.69) is 4.98 Å². The Balaban J connectivity index is 3.12. The third-order valence-electron chi connectivity index (χ3n) is 2.36. The molecule has 0 saturated heterocycles. The highest BCUT2D eigenvalue weighted by atomic mass is 35.5. The fraction of sp³-hybridized carbons (Fsp3) is 0.200. The Morgan fingerprint density at radius 3 is 2.80 bits per heavy atom. The van der Waals surface area contributed by atoms with E-state index in [1.807, 2.05) is 0 Å². The Labute approximate surface area is 90.1 Å². The number of rotatable bonds is 0. The second-order valence-electron chi connectivity index (χ2n) is 3.28. The van der Waals surface area contributed by atoms with Gasteiger partial charge in [0.05, 0.1) is 10.5 Å². The van der Waals surface area contributed by atoms with Crippen molar-refractivity contribution in [3.63, 3.8) is 0 Å². The van der Waals surface area contributed by atoms with Gasteiger partial charge in [-0.15, -0.1) is 0 Å². The molecule has 15 heavy (non-hydrogen) atoms. The molecule has 0 atom stereocenters. The molecule has 0 fully saturated rings. The average Bonchev–Trinajstić information content (AvgIpc) is 2.20. The van der Waals surface area contributed by atoms with Crippen LogP contribution in [0.25, 0.3) is 10.9 Å². The van der Waals surface area contributed by atoms with Crippen LogP contribution in [0.15, 0.2) is 16.9 Å². The zero-order chi connectivity index (χ0) is 11.2. The Morgan fingerprint density at radius 2 is 2.13 bits per heavy atom. The van der Waals surface area contributed by atoms with E-state index in [-0.39, 0.29) is 15.9 Å². The summed E-state index contributed by atoms with van der Waals surface area (Å²) < 4.78 is 14.7. The van der Waals surface area contributed by atoms with Crippen molar-refractivity contribution in [3.05, 3.63) is 39.2 Å². The maximum absolute atomic E-state index is 13.4. The summed E-state index contributed by atoms with van der Waals surface area (Å²) in [6.07, 6.45) is 0. The third kappa shape index (κ3) is 1.41. The summed E-state index contributed by atoms with van der Waals surface area (Å²) in [5.74, 6) is -0.0949. The second-order valence-corrected chi connectivity index (χ2v) is 3.68. The molecule has 0 amide bonds. The second kappa shape index (κ2) is 3.31. The molecule has 0 spiro atoms. The Bertz CT molecular complexity index is 606. The number of hydrogen-bond donors (Lipinski definition) is 0. The fourth-order valence-corrected chi connectivity index (χ4v) is 1.61. The molecule has 0 N–H and O–H groups in total. The fourth-order valence-electron chi connectivity index (χ4n) is 1.41. The molecule has 0 bridgehead atoms. The number of aromatic nitrogens is 2. The molecule has 0 radical (unpaired) electrons. The van der Waals surface area contributed by atoms with Gasteiger partial charge in [-0.1, -0.05) is 11.6 Å². The first-order chi connectivity index (χ1) is 7.02. The largest absolute Gasteiger partial charge is 0.299 e. The van der Waals surface area contributed by atoms with E-state index in [0.717, 1.165) is 0 Å². The topological polar surface area (TPSA) is 34.9 Å². The van der Waals surface area contributed by atoms with Gasteiger partial charge in [0, 0.05) is 7.05 Å². The molecule has 1 aromatic heterocycles. The predicted octanol–water partition coefficient (Wildman–Crippen LogP) is 2.03. The van der Waals surface area contributed by atoms with Crippen molar-refractivity contribution in [2.45, 2.75) is 6.92 Å². The van der Waals surface area contributed by atoms with Gasteiger partial charge in [-0.2, -0.15) is 0 Å². The quantitative estimate of drug-likeness (QED) is 0.689. The van der Waals surface area contributed by atoms with Crippen molar-refractivity contribution in [1.82, 2.24) is 9.55 Å². The lowest BCUT2D eigenvalue weighted by atomic mass is 10.2. The highest BCUT2D eigenvalue weighted by Crippen LogP contribution is 2.21. The highest BCUT2D eigenvalue weighted by Gasteiger charge is 2.12. The van der Waals surface area contributed by atoms with Gasteiger partial charge in [-0.3, -0.25) is 9.36 Å². The normalized spacial score (nSPS) is 10.9. The van der Waals surface area contributed by atoms with Gasteiger partial charge in [0.1, 0.15) is 17.0 Å². The van der Waals surface area contributed by atoms with Gasteiger partial charge in [0.2, 0.25) is 0 Å². The number of halogens is 2. The van der Waals surface area contributed by atoms with Gasteiger partial charge in [0.25, 0.3) is 5.56 Å². The van der Waals surface area contributed by atoms with Crippen LogP contribution >= 0.6 is 11.6 Å². The number of nitrogens with zero attached hydrogens (tertiary/aromatic N) is 2.